The summed E-state index contributed by atoms with van der Waals surface area (Å²) in [5, 5.41) is 0. The van der Waals surface area contributed by atoms with E-state index in [2.05, 4.69) is 0 Å². The van der Waals surface area contributed by atoms with E-state index >= 15 is 0 Å². The smallest absolute Gasteiger partial charge is 0.335 e. The van der Waals surface area contributed by atoms with Gasteiger partial charge in [-0.15, -0.1) is 11.6 Å². The van der Waals surface area contributed by atoms with Crippen molar-refractivity contribution in [1.29, 1.82) is 0 Å². The largest absolute Gasteiger partial charge is 0.450 e. The minimum Gasteiger partial charge on any atom is -0.450 e. The molecule has 0 aromatic heterocycles. The first-order valence-electron chi connectivity index (χ1n) is 4.34. The van der Waals surface area contributed by atoms with Crippen molar-refractivity contribution >= 4 is 17.6 Å². The molecule has 1 aliphatic rings. The number of ether oxygens (including phenoxy) is 1. The van der Waals surface area contributed by atoms with Crippen LogP contribution in [0.3, 0.4) is 0 Å². The molecular formula is C11H9ClO2. The quantitative estimate of drug-likeness (QED) is 0.551. The van der Waals surface area contributed by atoms with Crippen LogP contribution >= 0.6 is 11.6 Å². The van der Waals surface area contributed by atoms with Gasteiger partial charge in [-0.1, -0.05) is 30.3 Å². The third-order valence-electron chi connectivity index (χ3n) is 2.12. The van der Waals surface area contributed by atoms with Gasteiger partial charge in [0.05, 0.1) is 11.5 Å². The Morgan fingerprint density at radius 3 is 2.57 bits per heavy atom. The SMILES string of the molecule is O=C1OC(c2ccccc2)C=C1CCl. The van der Waals surface area contributed by atoms with Crippen molar-refractivity contribution < 1.29 is 9.53 Å². The second-order valence-electron chi connectivity index (χ2n) is 3.06. The summed E-state index contributed by atoms with van der Waals surface area (Å²) in [6.45, 7) is 0. The molecule has 1 aromatic carbocycles. The van der Waals surface area contributed by atoms with Crippen molar-refractivity contribution in [3.05, 3.63) is 47.5 Å². The Labute approximate surface area is 87.1 Å². The maximum absolute atomic E-state index is 11.2. The molecule has 0 radical (unpaired) electrons. The third kappa shape index (κ3) is 1.66. The first kappa shape index (κ1) is 9.28. The summed E-state index contributed by atoms with van der Waals surface area (Å²) in [5.41, 5.74) is 1.52. The molecule has 0 fully saturated rings. The fourth-order valence-electron chi connectivity index (χ4n) is 1.38. The second kappa shape index (κ2) is 3.84. The Bertz CT molecular complexity index is 370. The molecule has 2 rings (SSSR count). The van der Waals surface area contributed by atoms with E-state index in [4.69, 9.17) is 16.3 Å². The lowest BCUT2D eigenvalue weighted by Crippen LogP contribution is -2.02. The molecule has 1 aliphatic heterocycles. The molecule has 0 N–H and O–H groups in total. The Balaban J connectivity index is 2.24. The molecule has 1 aromatic rings. The Morgan fingerprint density at radius 1 is 1.29 bits per heavy atom. The topological polar surface area (TPSA) is 26.3 Å². The molecule has 0 amide bonds. The van der Waals surface area contributed by atoms with E-state index < -0.39 is 0 Å². The zero-order valence-corrected chi connectivity index (χ0v) is 8.20. The van der Waals surface area contributed by atoms with Gasteiger partial charge in [0.1, 0.15) is 6.10 Å². The predicted molar refractivity (Wildman–Crippen MR) is 54.1 cm³/mol. The summed E-state index contributed by atoms with van der Waals surface area (Å²) in [7, 11) is 0. The van der Waals surface area contributed by atoms with Crippen LogP contribution in [0.5, 0.6) is 0 Å². The fourth-order valence-corrected chi connectivity index (χ4v) is 1.58. The summed E-state index contributed by atoms with van der Waals surface area (Å²) in [5.74, 6) is -0.101. The number of halogens is 1. The highest BCUT2D eigenvalue weighted by Crippen LogP contribution is 2.27. The van der Waals surface area contributed by atoms with Gasteiger partial charge in [0, 0.05) is 0 Å². The van der Waals surface area contributed by atoms with Crippen LogP contribution in [0.2, 0.25) is 0 Å². The highest BCUT2D eigenvalue weighted by molar-refractivity contribution is 6.22. The summed E-state index contributed by atoms with van der Waals surface area (Å²) < 4.78 is 5.13. The predicted octanol–water partition coefficient (Wildman–Crippen LogP) is 2.45. The molecule has 0 saturated heterocycles. The zero-order valence-electron chi connectivity index (χ0n) is 7.44. The Hall–Kier alpha value is -1.28. The molecule has 1 heterocycles. The molecule has 1 atom stereocenters. The molecule has 1 unspecified atom stereocenters. The molecular weight excluding hydrogens is 200 g/mol. The molecule has 3 heteroatoms. The van der Waals surface area contributed by atoms with Crippen molar-refractivity contribution in [3.63, 3.8) is 0 Å². The van der Waals surface area contributed by atoms with Gasteiger partial charge in [-0.05, 0) is 11.6 Å². The standard InChI is InChI=1S/C11H9ClO2/c12-7-9-6-10(14-11(9)13)8-4-2-1-3-5-8/h1-6,10H,7H2. The maximum atomic E-state index is 11.2. The zero-order chi connectivity index (χ0) is 9.97. The number of hydrogen-bond acceptors (Lipinski definition) is 2. The van der Waals surface area contributed by atoms with Crippen molar-refractivity contribution in [2.75, 3.05) is 5.88 Å². The van der Waals surface area contributed by atoms with Crippen LogP contribution < -0.4 is 0 Å². The first-order chi connectivity index (χ1) is 6.81. The van der Waals surface area contributed by atoms with Crippen LogP contribution in [0.1, 0.15) is 11.7 Å². The molecule has 0 aliphatic carbocycles. The minimum atomic E-state index is -0.311. The van der Waals surface area contributed by atoms with E-state index in [-0.39, 0.29) is 18.0 Å². The van der Waals surface area contributed by atoms with Crippen LogP contribution in [0.15, 0.2) is 42.0 Å². The molecule has 0 bridgehead atoms. The van der Waals surface area contributed by atoms with Gasteiger partial charge in [-0.25, -0.2) is 4.79 Å². The second-order valence-corrected chi connectivity index (χ2v) is 3.33. The van der Waals surface area contributed by atoms with Crippen LogP contribution in [0.25, 0.3) is 0 Å². The molecule has 0 saturated carbocycles. The lowest BCUT2D eigenvalue weighted by molar-refractivity contribution is -0.139. The Kier molecular flexibility index (Phi) is 2.55. The third-order valence-corrected chi connectivity index (χ3v) is 2.41. The van der Waals surface area contributed by atoms with Gasteiger partial charge in [-0.2, -0.15) is 0 Å². The van der Waals surface area contributed by atoms with Crippen molar-refractivity contribution in [3.8, 4) is 0 Å². The van der Waals surface area contributed by atoms with Gasteiger partial charge in [0.2, 0.25) is 0 Å². The number of esters is 1. The lowest BCUT2D eigenvalue weighted by Gasteiger charge is -2.07. The van der Waals surface area contributed by atoms with Gasteiger partial charge in [0.25, 0.3) is 0 Å². The van der Waals surface area contributed by atoms with E-state index in [1.807, 2.05) is 30.3 Å². The highest BCUT2D eigenvalue weighted by Gasteiger charge is 2.25. The number of rotatable bonds is 2. The van der Waals surface area contributed by atoms with E-state index in [0.717, 1.165) is 5.56 Å². The highest BCUT2D eigenvalue weighted by atomic mass is 35.5. The maximum Gasteiger partial charge on any atom is 0.335 e. The van der Waals surface area contributed by atoms with E-state index in [1.165, 1.54) is 0 Å². The van der Waals surface area contributed by atoms with Gasteiger partial charge < -0.3 is 4.74 Å². The fraction of sp³-hybridized carbons (Fsp3) is 0.182. The van der Waals surface area contributed by atoms with E-state index in [1.54, 1.807) is 6.08 Å². The summed E-state index contributed by atoms with van der Waals surface area (Å²) in [6, 6.07) is 9.59. The van der Waals surface area contributed by atoms with Crippen molar-refractivity contribution in [2.24, 2.45) is 0 Å². The average Bonchev–Trinajstić information content (AvgIpc) is 2.61. The molecule has 0 spiro atoms. The lowest BCUT2D eigenvalue weighted by atomic mass is 10.1. The van der Waals surface area contributed by atoms with Crippen LogP contribution in [-0.4, -0.2) is 11.8 Å². The number of alkyl halides is 1. The number of carbonyl (C=O) groups excluding carboxylic acids is 1. The van der Waals surface area contributed by atoms with E-state index in [9.17, 15) is 4.79 Å². The van der Waals surface area contributed by atoms with E-state index in [0.29, 0.717) is 5.57 Å². The van der Waals surface area contributed by atoms with Crippen molar-refractivity contribution in [1.82, 2.24) is 0 Å². The minimum absolute atomic E-state index is 0.210. The summed E-state index contributed by atoms with van der Waals surface area (Å²) in [6.07, 6.45) is 1.50. The number of carbonyl (C=O) groups is 1. The number of hydrogen-bond donors (Lipinski definition) is 0. The summed E-state index contributed by atoms with van der Waals surface area (Å²) >= 11 is 5.59. The number of benzene rings is 1. The monoisotopic (exact) mass is 208 g/mol. The molecule has 72 valence electrons. The van der Waals surface area contributed by atoms with Crippen molar-refractivity contribution in [2.45, 2.75) is 6.10 Å². The van der Waals surface area contributed by atoms with Gasteiger partial charge >= 0.3 is 5.97 Å². The van der Waals surface area contributed by atoms with Gasteiger partial charge in [-0.3, -0.25) is 0 Å². The van der Waals surface area contributed by atoms with Gasteiger partial charge in [0.15, 0.2) is 0 Å². The molecule has 2 nitrogen and oxygen atoms in total. The first-order valence-corrected chi connectivity index (χ1v) is 4.87. The number of cyclic esters (lactones) is 1. The summed E-state index contributed by atoms with van der Waals surface area (Å²) in [4.78, 5) is 11.2. The van der Waals surface area contributed by atoms with Crippen LogP contribution in [-0.2, 0) is 9.53 Å². The normalized spacial score (nSPS) is 20.5. The van der Waals surface area contributed by atoms with Crippen LogP contribution in [0.4, 0.5) is 0 Å². The average molecular weight is 209 g/mol. The molecule has 14 heavy (non-hydrogen) atoms. The van der Waals surface area contributed by atoms with Crippen LogP contribution in [0, 0.1) is 0 Å². The Morgan fingerprint density at radius 2 is 2.00 bits per heavy atom.